The standard InChI is InChI=1S/C15H17N3OS/c1-11-16-9-14(20-11)15(19)18-8-7-13(10-18)17-12-5-3-2-4-6-12/h2-6,9,13,17H,7-8,10H2,1H3. The second-order valence-corrected chi connectivity index (χ2v) is 6.23. The summed E-state index contributed by atoms with van der Waals surface area (Å²) >= 11 is 1.47. The molecule has 0 bridgehead atoms. The summed E-state index contributed by atoms with van der Waals surface area (Å²) in [4.78, 5) is 19.1. The van der Waals surface area contributed by atoms with Crippen molar-refractivity contribution in [2.75, 3.05) is 18.4 Å². The van der Waals surface area contributed by atoms with Crippen LogP contribution < -0.4 is 5.32 Å². The van der Waals surface area contributed by atoms with Gasteiger partial charge in [-0.2, -0.15) is 0 Å². The first kappa shape index (κ1) is 13.1. The molecular formula is C15H17N3OS. The summed E-state index contributed by atoms with van der Waals surface area (Å²) in [5.41, 5.74) is 1.11. The van der Waals surface area contributed by atoms with Crippen molar-refractivity contribution in [2.24, 2.45) is 0 Å². The van der Waals surface area contributed by atoms with Gasteiger partial charge in [-0.15, -0.1) is 11.3 Å². The molecule has 2 aromatic rings. The summed E-state index contributed by atoms with van der Waals surface area (Å²) in [7, 11) is 0. The quantitative estimate of drug-likeness (QED) is 0.944. The van der Waals surface area contributed by atoms with Gasteiger partial charge in [-0.05, 0) is 25.5 Å². The average Bonchev–Trinajstić information content (AvgIpc) is 3.08. The molecule has 0 aliphatic carbocycles. The molecule has 0 saturated carbocycles. The third-order valence-electron chi connectivity index (χ3n) is 3.45. The molecule has 1 aromatic heterocycles. The van der Waals surface area contributed by atoms with Gasteiger partial charge in [0.2, 0.25) is 0 Å². The summed E-state index contributed by atoms with van der Waals surface area (Å²) in [5, 5.41) is 4.41. The topological polar surface area (TPSA) is 45.2 Å². The number of nitrogens with one attached hydrogen (secondary N) is 1. The van der Waals surface area contributed by atoms with E-state index in [0.717, 1.165) is 35.1 Å². The molecule has 1 atom stereocenters. The molecule has 1 unspecified atom stereocenters. The third kappa shape index (κ3) is 2.82. The molecule has 1 aromatic carbocycles. The van der Waals surface area contributed by atoms with E-state index < -0.39 is 0 Å². The zero-order valence-electron chi connectivity index (χ0n) is 11.4. The first-order valence-electron chi connectivity index (χ1n) is 6.75. The van der Waals surface area contributed by atoms with Crippen molar-refractivity contribution < 1.29 is 4.79 Å². The van der Waals surface area contributed by atoms with Crippen LogP contribution >= 0.6 is 11.3 Å². The van der Waals surface area contributed by atoms with Crippen LogP contribution in [0.1, 0.15) is 21.1 Å². The molecule has 1 fully saturated rings. The molecule has 1 aliphatic heterocycles. The molecule has 104 valence electrons. The van der Waals surface area contributed by atoms with E-state index >= 15 is 0 Å². The number of thiazole rings is 1. The lowest BCUT2D eigenvalue weighted by Gasteiger charge is -2.16. The minimum Gasteiger partial charge on any atom is -0.380 e. The molecule has 1 N–H and O–H groups in total. The number of likely N-dealkylation sites (tertiary alicyclic amines) is 1. The molecule has 1 saturated heterocycles. The fraction of sp³-hybridized carbons (Fsp3) is 0.333. The molecule has 2 heterocycles. The smallest absolute Gasteiger partial charge is 0.265 e. The summed E-state index contributed by atoms with van der Waals surface area (Å²) in [6.45, 7) is 3.48. The van der Waals surface area contributed by atoms with Crippen molar-refractivity contribution >= 4 is 22.9 Å². The van der Waals surface area contributed by atoms with Crippen molar-refractivity contribution in [3.63, 3.8) is 0 Å². The molecular weight excluding hydrogens is 270 g/mol. The zero-order valence-corrected chi connectivity index (χ0v) is 12.2. The van der Waals surface area contributed by atoms with Crippen LogP contribution in [0, 0.1) is 6.92 Å². The summed E-state index contributed by atoms with van der Waals surface area (Å²) in [6.07, 6.45) is 2.67. The largest absolute Gasteiger partial charge is 0.380 e. The number of aryl methyl sites for hydroxylation is 1. The third-order valence-corrected chi connectivity index (χ3v) is 4.35. The normalized spacial score (nSPS) is 18.2. The highest BCUT2D eigenvalue weighted by molar-refractivity contribution is 7.13. The maximum atomic E-state index is 12.3. The monoisotopic (exact) mass is 287 g/mol. The first-order chi connectivity index (χ1) is 9.72. The molecule has 1 amide bonds. The zero-order chi connectivity index (χ0) is 13.9. The molecule has 0 spiro atoms. The Morgan fingerprint density at radius 3 is 2.90 bits per heavy atom. The molecule has 1 aliphatic rings. The van der Waals surface area contributed by atoms with E-state index in [1.165, 1.54) is 11.3 Å². The number of rotatable bonds is 3. The van der Waals surface area contributed by atoms with Crippen LogP contribution in [0.15, 0.2) is 36.5 Å². The van der Waals surface area contributed by atoms with E-state index in [-0.39, 0.29) is 5.91 Å². The van der Waals surface area contributed by atoms with Crippen LogP contribution in [0.4, 0.5) is 5.69 Å². The minimum absolute atomic E-state index is 0.105. The Balaban J connectivity index is 1.61. The van der Waals surface area contributed by atoms with Gasteiger partial charge in [-0.1, -0.05) is 18.2 Å². The summed E-state index contributed by atoms with van der Waals surface area (Å²) in [6, 6.07) is 10.5. The number of amides is 1. The number of aromatic nitrogens is 1. The van der Waals surface area contributed by atoms with Gasteiger partial charge in [0, 0.05) is 24.8 Å². The lowest BCUT2D eigenvalue weighted by atomic mass is 10.2. The van der Waals surface area contributed by atoms with Crippen molar-refractivity contribution in [1.82, 2.24) is 9.88 Å². The highest BCUT2D eigenvalue weighted by atomic mass is 32.1. The van der Waals surface area contributed by atoms with Gasteiger partial charge in [0.15, 0.2) is 0 Å². The number of hydrogen-bond donors (Lipinski definition) is 1. The average molecular weight is 287 g/mol. The molecule has 4 nitrogen and oxygen atoms in total. The van der Waals surface area contributed by atoms with Gasteiger partial charge in [0.1, 0.15) is 4.88 Å². The molecule has 0 radical (unpaired) electrons. The van der Waals surface area contributed by atoms with Gasteiger partial charge in [0.25, 0.3) is 5.91 Å². The first-order valence-corrected chi connectivity index (χ1v) is 7.57. The van der Waals surface area contributed by atoms with Crippen LogP contribution in [-0.2, 0) is 0 Å². The SMILES string of the molecule is Cc1ncc(C(=O)N2CCC(Nc3ccccc3)C2)s1. The van der Waals surface area contributed by atoms with E-state index in [9.17, 15) is 4.79 Å². The van der Waals surface area contributed by atoms with Gasteiger partial charge in [0.05, 0.1) is 11.2 Å². The highest BCUT2D eigenvalue weighted by Crippen LogP contribution is 2.20. The van der Waals surface area contributed by atoms with Gasteiger partial charge in [-0.3, -0.25) is 4.79 Å². The van der Waals surface area contributed by atoms with Crippen LogP contribution in [-0.4, -0.2) is 34.9 Å². The van der Waals surface area contributed by atoms with Crippen molar-refractivity contribution in [3.05, 3.63) is 46.4 Å². The maximum absolute atomic E-state index is 12.3. The van der Waals surface area contributed by atoms with Crippen LogP contribution in [0.2, 0.25) is 0 Å². The Hall–Kier alpha value is -1.88. The molecule has 3 rings (SSSR count). The predicted molar refractivity (Wildman–Crippen MR) is 81.2 cm³/mol. The number of hydrogen-bond acceptors (Lipinski definition) is 4. The Kier molecular flexibility index (Phi) is 3.69. The molecule has 20 heavy (non-hydrogen) atoms. The van der Waals surface area contributed by atoms with E-state index in [4.69, 9.17) is 0 Å². The fourth-order valence-corrected chi connectivity index (χ4v) is 3.19. The van der Waals surface area contributed by atoms with Crippen molar-refractivity contribution in [3.8, 4) is 0 Å². The second kappa shape index (κ2) is 5.63. The molecule has 5 heteroatoms. The van der Waals surface area contributed by atoms with E-state index in [2.05, 4.69) is 22.4 Å². The number of anilines is 1. The second-order valence-electron chi connectivity index (χ2n) is 4.99. The van der Waals surface area contributed by atoms with Crippen molar-refractivity contribution in [1.29, 1.82) is 0 Å². The number of nitrogens with zero attached hydrogens (tertiary/aromatic N) is 2. The van der Waals surface area contributed by atoms with Gasteiger partial charge < -0.3 is 10.2 Å². The fourth-order valence-electron chi connectivity index (χ4n) is 2.45. The maximum Gasteiger partial charge on any atom is 0.265 e. The van der Waals surface area contributed by atoms with Crippen LogP contribution in [0.3, 0.4) is 0 Å². The predicted octanol–water partition coefficient (Wildman–Crippen LogP) is 2.78. The van der Waals surface area contributed by atoms with E-state index in [1.54, 1.807) is 6.20 Å². The van der Waals surface area contributed by atoms with Crippen LogP contribution in [0.5, 0.6) is 0 Å². The Morgan fingerprint density at radius 2 is 2.20 bits per heavy atom. The summed E-state index contributed by atoms with van der Waals surface area (Å²) < 4.78 is 0. The number of para-hydroxylation sites is 1. The van der Waals surface area contributed by atoms with E-state index in [0.29, 0.717) is 6.04 Å². The summed E-state index contributed by atoms with van der Waals surface area (Å²) in [5.74, 6) is 0.105. The highest BCUT2D eigenvalue weighted by Gasteiger charge is 2.27. The van der Waals surface area contributed by atoms with Gasteiger partial charge in [-0.25, -0.2) is 4.98 Å². The Bertz CT molecular complexity index is 596. The lowest BCUT2D eigenvalue weighted by Crippen LogP contribution is -2.31. The Morgan fingerprint density at radius 1 is 1.40 bits per heavy atom. The Labute approximate surface area is 122 Å². The number of carbonyl (C=O) groups excluding carboxylic acids is 1. The lowest BCUT2D eigenvalue weighted by molar-refractivity contribution is 0.0796. The van der Waals surface area contributed by atoms with Crippen molar-refractivity contribution in [2.45, 2.75) is 19.4 Å². The minimum atomic E-state index is 0.105. The van der Waals surface area contributed by atoms with Gasteiger partial charge >= 0.3 is 0 Å². The number of benzene rings is 1. The van der Waals surface area contributed by atoms with Crippen LogP contribution in [0.25, 0.3) is 0 Å². The van der Waals surface area contributed by atoms with E-state index in [1.807, 2.05) is 30.0 Å². The number of carbonyl (C=O) groups is 1.